The average Bonchev–Trinajstić information content (AvgIpc) is 4.08. The van der Waals surface area contributed by atoms with Crippen LogP contribution in [0.15, 0.2) is 109 Å². The SMILES string of the molecule is O=C(O[C@H]1CN2CCC1CC2)N(Cc1ccc(OCc2ccc(C(=O)N3CCS[C@]3(C(=O)O)[C@@H](Cc3c(Cl)c[n+](O)cc3Cl)c3ccc(OC(F)F)c(OCC4CC4)c3)cc2)cc1)c1ccccc1. The molecule has 18 heteroatoms. The molecule has 0 radical (unpaired) electrons. The van der Waals surface area contributed by atoms with E-state index in [1.54, 1.807) is 29.2 Å². The highest BCUT2D eigenvalue weighted by Gasteiger charge is 2.57. The number of thioether (sulfide) groups is 1. The number of aliphatic carboxylic acids is 1. The Morgan fingerprint density at radius 2 is 1.55 bits per heavy atom. The molecule has 0 unspecified atom stereocenters. The first-order chi connectivity index (χ1) is 33.3. The molecule has 1 saturated carbocycles. The average molecular weight is 1000 g/mol. The van der Waals surface area contributed by atoms with Gasteiger partial charge in [-0.15, -0.1) is 11.8 Å². The van der Waals surface area contributed by atoms with Crippen LogP contribution in [-0.4, -0.2) is 94.2 Å². The van der Waals surface area contributed by atoms with Gasteiger partial charge in [0.25, 0.3) is 5.91 Å². The Hall–Kier alpha value is -5.81. The van der Waals surface area contributed by atoms with Crippen LogP contribution in [0.25, 0.3) is 0 Å². The van der Waals surface area contributed by atoms with Gasteiger partial charge >= 0.3 is 18.7 Å². The quantitative estimate of drug-likeness (QED) is 0.0640. The van der Waals surface area contributed by atoms with Crippen LogP contribution in [0.4, 0.5) is 19.3 Å². The van der Waals surface area contributed by atoms with Crippen molar-refractivity contribution in [1.29, 1.82) is 0 Å². The van der Waals surface area contributed by atoms with Crippen LogP contribution in [-0.2, 0) is 29.1 Å². The first-order valence-electron chi connectivity index (χ1n) is 22.9. The van der Waals surface area contributed by atoms with Gasteiger partial charge in [-0.25, -0.2) is 9.59 Å². The molecular weight excluding hydrogens is 954 g/mol. The summed E-state index contributed by atoms with van der Waals surface area (Å²) >= 11 is 14.3. The fourth-order valence-electron chi connectivity index (χ4n) is 9.41. The molecule has 2 bridgehead atoms. The lowest BCUT2D eigenvalue weighted by Crippen LogP contribution is -2.55. The highest BCUT2D eigenvalue weighted by molar-refractivity contribution is 8.01. The van der Waals surface area contributed by atoms with E-state index in [-0.39, 0.29) is 77.2 Å². The van der Waals surface area contributed by atoms with Crippen molar-refractivity contribution in [3.63, 3.8) is 0 Å². The summed E-state index contributed by atoms with van der Waals surface area (Å²) in [5.74, 6) is -1.66. The maximum atomic E-state index is 14.6. The van der Waals surface area contributed by atoms with Gasteiger partial charge in [-0.3, -0.25) is 19.8 Å². The number of hydrogen-bond donors (Lipinski definition) is 2. The second-order valence-electron chi connectivity index (χ2n) is 17.8. The van der Waals surface area contributed by atoms with E-state index in [0.717, 1.165) is 73.9 Å². The number of rotatable bonds is 18. The Morgan fingerprint density at radius 3 is 2.19 bits per heavy atom. The van der Waals surface area contributed by atoms with Gasteiger partial charge in [-0.05, 0) is 122 Å². The summed E-state index contributed by atoms with van der Waals surface area (Å²) in [7, 11) is 0. The number of hydrogen-bond acceptors (Lipinski definition) is 10. The van der Waals surface area contributed by atoms with E-state index >= 15 is 0 Å². The molecule has 1 aliphatic carbocycles. The van der Waals surface area contributed by atoms with Crippen molar-refractivity contribution in [2.45, 2.75) is 68.8 Å². The molecule has 4 aromatic carbocycles. The summed E-state index contributed by atoms with van der Waals surface area (Å²) in [6.45, 7) is 0.518. The topological polar surface area (TPSA) is 142 Å². The number of carbonyl (C=O) groups is 3. The zero-order valence-electron chi connectivity index (χ0n) is 37.4. The second-order valence-corrected chi connectivity index (χ2v) is 20.0. The van der Waals surface area contributed by atoms with E-state index in [9.17, 15) is 33.5 Å². The van der Waals surface area contributed by atoms with Crippen LogP contribution in [0.5, 0.6) is 17.2 Å². The number of anilines is 1. The molecule has 10 rings (SSSR count). The zero-order valence-corrected chi connectivity index (χ0v) is 39.8. The molecule has 5 fully saturated rings. The Morgan fingerprint density at radius 1 is 0.855 bits per heavy atom. The Labute approximate surface area is 412 Å². The number of fused-ring (bicyclic) bond motifs is 3. The smallest absolute Gasteiger partial charge is 0.414 e. The number of amides is 2. The van der Waals surface area contributed by atoms with E-state index in [2.05, 4.69) is 4.90 Å². The number of aromatic nitrogens is 1. The molecule has 2 N–H and O–H groups in total. The van der Waals surface area contributed by atoms with E-state index < -0.39 is 29.3 Å². The van der Waals surface area contributed by atoms with E-state index in [1.807, 2.05) is 54.6 Å². The molecular formula is C51H51Cl2F2N4O9S+. The van der Waals surface area contributed by atoms with Gasteiger partial charge in [0, 0.05) is 46.3 Å². The van der Waals surface area contributed by atoms with Crippen LogP contribution in [0.3, 0.4) is 0 Å². The number of carboxylic acid groups (broad SMARTS) is 1. The minimum absolute atomic E-state index is 0.00433. The van der Waals surface area contributed by atoms with Crippen molar-refractivity contribution in [2.24, 2.45) is 11.8 Å². The van der Waals surface area contributed by atoms with Crippen LogP contribution < -0.4 is 23.8 Å². The number of piperidine rings is 3. The van der Waals surface area contributed by atoms with E-state index in [0.29, 0.717) is 34.1 Å². The first-order valence-corrected chi connectivity index (χ1v) is 24.6. The predicted molar refractivity (Wildman–Crippen MR) is 255 cm³/mol. The van der Waals surface area contributed by atoms with Gasteiger partial charge < -0.3 is 29.0 Å². The molecule has 3 atom stereocenters. The van der Waals surface area contributed by atoms with Crippen LogP contribution >= 0.6 is 35.0 Å². The minimum atomic E-state index is -3.14. The summed E-state index contributed by atoms with van der Waals surface area (Å²) in [6, 6.07) is 27.9. The fourth-order valence-corrected chi connectivity index (χ4v) is 11.5. The summed E-state index contributed by atoms with van der Waals surface area (Å²) in [5.41, 5.74) is 3.25. The maximum Gasteiger partial charge on any atom is 0.414 e. The Kier molecular flexibility index (Phi) is 14.7. The number of nitrogens with zero attached hydrogens (tertiary/aromatic N) is 4. The number of carbonyl (C=O) groups excluding carboxylic acids is 2. The summed E-state index contributed by atoms with van der Waals surface area (Å²) in [5, 5.41) is 21.5. The fraction of sp³-hybridized carbons (Fsp3) is 0.373. The molecule has 0 spiro atoms. The Balaban J connectivity index is 0.910. The molecule has 4 saturated heterocycles. The van der Waals surface area contributed by atoms with Gasteiger partial charge in [0.15, 0.2) is 16.4 Å². The summed E-state index contributed by atoms with van der Waals surface area (Å²) in [4.78, 5) is 45.5. The normalized spacial score (nSPS) is 21.2. The zero-order chi connectivity index (χ0) is 48.2. The molecule has 362 valence electrons. The maximum absolute atomic E-state index is 14.6. The first kappa shape index (κ1) is 48.2. The second kappa shape index (κ2) is 21.0. The van der Waals surface area contributed by atoms with Crippen molar-refractivity contribution in [3.05, 3.63) is 147 Å². The molecule has 5 aromatic rings. The molecule has 69 heavy (non-hydrogen) atoms. The number of halogens is 4. The van der Waals surface area contributed by atoms with Crippen LogP contribution in [0.2, 0.25) is 10.0 Å². The lowest BCUT2D eigenvalue weighted by Gasteiger charge is -2.44. The third kappa shape index (κ3) is 11.0. The highest BCUT2D eigenvalue weighted by Crippen LogP contribution is 2.51. The molecule has 5 aliphatic rings. The predicted octanol–water partition coefficient (Wildman–Crippen LogP) is 9.72. The Bertz CT molecular complexity index is 2620. The van der Waals surface area contributed by atoms with Crippen molar-refractivity contribution in [3.8, 4) is 17.2 Å². The standard InChI is InChI=1S/C51H50Cl2F2N4O9S/c52-42-27-57(64)28-43(53)40(42)25-41(37-14-17-44(67-49(54)55)45(24-37)66-31-33-6-7-33)51(48(61)62)59(22-23-69-51)47(60)36-12-8-34(9-13-36)30-65-39-15-10-32(11-16-39)26-58(38-4-2-1-3-5-38)50(63)68-46-29-56-20-18-35(46)19-21-56/h1-5,8-17,24,27-28,33,35,41,46,49H,6-7,18-23,25-26,29-31H2,(H-,61,62,64)/p+1/t41-,46-,51-/m0/s1. The number of para-hydroxylation sites is 1. The van der Waals surface area contributed by atoms with E-state index in [4.69, 9.17) is 42.1 Å². The lowest BCUT2D eigenvalue weighted by atomic mass is 9.83. The van der Waals surface area contributed by atoms with Crippen molar-refractivity contribution in [2.75, 3.05) is 43.4 Å². The number of ether oxygens (including phenoxy) is 4. The number of carboxylic acids is 1. The van der Waals surface area contributed by atoms with Crippen molar-refractivity contribution in [1.82, 2.24) is 9.80 Å². The van der Waals surface area contributed by atoms with Gasteiger partial charge in [0.05, 0.1) is 13.2 Å². The highest BCUT2D eigenvalue weighted by atomic mass is 35.5. The number of alkyl halides is 2. The van der Waals surface area contributed by atoms with Crippen LogP contribution in [0, 0.1) is 11.8 Å². The van der Waals surface area contributed by atoms with Crippen LogP contribution in [0.1, 0.15) is 64.2 Å². The summed E-state index contributed by atoms with van der Waals surface area (Å²) in [6.07, 6.45) is 5.72. The van der Waals surface area contributed by atoms with Gasteiger partial charge in [0.2, 0.25) is 12.4 Å². The molecule has 2 amide bonds. The largest absolute Gasteiger partial charge is 0.489 e. The number of pyridine rings is 1. The van der Waals surface area contributed by atoms with Gasteiger partial charge in [0.1, 0.15) is 28.5 Å². The summed E-state index contributed by atoms with van der Waals surface area (Å²) < 4.78 is 50.8. The van der Waals surface area contributed by atoms with Gasteiger partial charge in [-0.2, -0.15) is 8.78 Å². The molecule has 1 aromatic heterocycles. The number of benzene rings is 4. The molecule has 5 heterocycles. The van der Waals surface area contributed by atoms with Gasteiger partial charge in [-0.1, -0.05) is 71.7 Å². The third-order valence-electron chi connectivity index (χ3n) is 13.3. The van der Waals surface area contributed by atoms with Crippen molar-refractivity contribution >= 4 is 58.6 Å². The lowest BCUT2D eigenvalue weighted by molar-refractivity contribution is -0.904. The van der Waals surface area contributed by atoms with Crippen molar-refractivity contribution < 1.29 is 57.2 Å². The molecule has 4 aliphatic heterocycles. The van der Waals surface area contributed by atoms with E-state index in [1.165, 1.54) is 35.5 Å². The molecule has 13 nitrogen and oxygen atoms in total. The third-order valence-corrected chi connectivity index (χ3v) is 15.5. The monoisotopic (exact) mass is 1000 g/mol. The minimum Gasteiger partial charge on any atom is -0.489 e.